The first-order chi connectivity index (χ1) is 5.95. The lowest BCUT2D eigenvalue weighted by molar-refractivity contribution is -0.138. The second kappa shape index (κ2) is 5.80. The number of nitrogens with one attached hydrogen (secondary N) is 2. The molecule has 0 aromatic carbocycles. The second-order valence-electron chi connectivity index (χ2n) is 2.50. The summed E-state index contributed by atoms with van der Waals surface area (Å²) in [5, 5.41) is 4.61. The highest BCUT2D eigenvalue weighted by molar-refractivity contribution is 5.76. The Balaban J connectivity index is 3.41. The lowest BCUT2D eigenvalue weighted by Gasteiger charge is -2.07. The van der Waals surface area contributed by atoms with Crippen molar-refractivity contribution in [1.82, 2.24) is 10.6 Å². The number of carbonyl (C=O) groups excluding carboxylic acids is 1. The van der Waals surface area contributed by atoms with Crippen molar-refractivity contribution in [2.45, 2.75) is 19.5 Å². The molecule has 1 amide bonds. The molecule has 78 valence electrons. The number of alkyl halides is 3. The molecule has 0 aromatic rings. The largest absolute Gasteiger partial charge is 0.405 e. The Hall–Kier alpha value is -0.780. The minimum absolute atomic E-state index is 0.0733. The monoisotopic (exact) mass is 198 g/mol. The second-order valence-corrected chi connectivity index (χ2v) is 2.50. The summed E-state index contributed by atoms with van der Waals surface area (Å²) in [5.74, 6) is -0.585. The van der Waals surface area contributed by atoms with E-state index < -0.39 is 18.6 Å². The third-order valence-corrected chi connectivity index (χ3v) is 1.26. The van der Waals surface area contributed by atoms with Gasteiger partial charge in [-0.2, -0.15) is 13.2 Å². The van der Waals surface area contributed by atoms with Crippen LogP contribution in [0.5, 0.6) is 0 Å². The van der Waals surface area contributed by atoms with E-state index >= 15 is 0 Å². The Morgan fingerprint density at radius 3 is 2.46 bits per heavy atom. The molecule has 0 spiro atoms. The van der Waals surface area contributed by atoms with Gasteiger partial charge in [0.15, 0.2) is 0 Å². The van der Waals surface area contributed by atoms with E-state index in [1.54, 1.807) is 5.32 Å². The number of amides is 1. The number of carbonyl (C=O) groups is 1. The van der Waals surface area contributed by atoms with Gasteiger partial charge in [-0.25, -0.2) is 0 Å². The van der Waals surface area contributed by atoms with Gasteiger partial charge in [0.1, 0.15) is 6.54 Å². The van der Waals surface area contributed by atoms with E-state index in [1.807, 2.05) is 6.92 Å². The predicted molar refractivity (Wildman–Crippen MR) is 42.2 cm³/mol. The summed E-state index contributed by atoms with van der Waals surface area (Å²) in [6, 6.07) is 0. The predicted octanol–water partition coefficient (Wildman–Crippen LogP) is 0.664. The van der Waals surface area contributed by atoms with Gasteiger partial charge in [0.25, 0.3) is 0 Å². The van der Waals surface area contributed by atoms with Gasteiger partial charge >= 0.3 is 6.18 Å². The smallest absolute Gasteiger partial charge is 0.347 e. The zero-order chi connectivity index (χ0) is 10.3. The van der Waals surface area contributed by atoms with E-state index in [9.17, 15) is 18.0 Å². The summed E-state index contributed by atoms with van der Waals surface area (Å²) in [6.45, 7) is 1.71. The van der Waals surface area contributed by atoms with Crippen molar-refractivity contribution >= 4 is 5.91 Å². The van der Waals surface area contributed by atoms with Crippen LogP contribution in [0, 0.1) is 0 Å². The summed E-state index contributed by atoms with van der Waals surface area (Å²) in [6.07, 6.45) is -4.25. The van der Waals surface area contributed by atoms with E-state index in [2.05, 4.69) is 5.32 Å². The van der Waals surface area contributed by atoms with E-state index in [0.717, 1.165) is 0 Å². The average Bonchev–Trinajstić information content (AvgIpc) is 2.00. The molecule has 0 unspecified atom stereocenters. The molecule has 0 aliphatic heterocycles. The highest BCUT2D eigenvalue weighted by Gasteiger charge is 2.27. The van der Waals surface area contributed by atoms with Crippen molar-refractivity contribution in [3.05, 3.63) is 0 Å². The van der Waals surface area contributed by atoms with Crippen LogP contribution in [-0.4, -0.2) is 31.7 Å². The zero-order valence-electron chi connectivity index (χ0n) is 7.37. The molecule has 0 radical (unpaired) electrons. The SMILES string of the molecule is CCNCCC(=O)NCC(F)(F)F. The molecule has 0 aliphatic carbocycles. The van der Waals surface area contributed by atoms with Crippen molar-refractivity contribution in [1.29, 1.82) is 0 Å². The molecule has 0 rings (SSSR count). The van der Waals surface area contributed by atoms with E-state index in [-0.39, 0.29) is 6.42 Å². The van der Waals surface area contributed by atoms with Crippen LogP contribution < -0.4 is 10.6 Å². The van der Waals surface area contributed by atoms with Gasteiger partial charge in [-0.1, -0.05) is 6.92 Å². The number of halogens is 3. The summed E-state index contributed by atoms with van der Waals surface area (Å²) >= 11 is 0. The average molecular weight is 198 g/mol. The lowest BCUT2D eigenvalue weighted by atomic mass is 10.4. The minimum Gasteiger partial charge on any atom is -0.347 e. The molecule has 0 saturated heterocycles. The van der Waals surface area contributed by atoms with Gasteiger partial charge in [-0.3, -0.25) is 4.79 Å². The standard InChI is InChI=1S/C7H13F3N2O/c1-2-11-4-3-6(13)12-5-7(8,9)10/h11H,2-5H2,1H3,(H,12,13). The molecule has 0 aromatic heterocycles. The molecular weight excluding hydrogens is 185 g/mol. The summed E-state index contributed by atoms with van der Waals surface area (Å²) in [4.78, 5) is 10.7. The molecule has 0 bridgehead atoms. The fourth-order valence-corrected chi connectivity index (χ4v) is 0.666. The molecule has 0 heterocycles. The maximum absolute atomic E-state index is 11.6. The molecule has 0 atom stereocenters. The maximum atomic E-state index is 11.6. The first-order valence-corrected chi connectivity index (χ1v) is 4.00. The molecule has 0 saturated carbocycles. The van der Waals surface area contributed by atoms with Crippen LogP contribution in [-0.2, 0) is 4.79 Å². The van der Waals surface area contributed by atoms with Crippen LogP contribution in [0.15, 0.2) is 0 Å². The Kier molecular flexibility index (Phi) is 5.45. The quantitative estimate of drug-likeness (QED) is 0.637. The van der Waals surface area contributed by atoms with Crippen LogP contribution in [0.3, 0.4) is 0 Å². The molecule has 6 heteroatoms. The van der Waals surface area contributed by atoms with Gasteiger partial charge in [0, 0.05) is 13.0 Å². The fraction of sp³-hybridized carbons (Fsp3) is 0.857. The topological polar surface area (TPSA) is 41.1 Å². The fourth-order valence-electron chi connectivity index (χ4n) is 0.666. The van der Waals surface area contributed by atoms with Gasteiger partial charge in [0.05, 0.1) is 0 Å². The van der Waals surface area contributed by atoms with Crippen LogP contribution in [0.1, 0.15) is 13.3 Å². The zero-order valence-corrected chi connectivity index (χ0v) is 7.37. The van der Waals surface area contributed by atoms with Crippen molar-refractivity contribution in [3.8, 4) is 0 Å². The minimum atomic E-state index is -4.33. The van der Waals surface area contributed by atoms with Crippen LogP contribution >= 0.6 is 0 Å². The first kappa shape index (κ1) is 12.2. The lowest BCUT2D eigenvalue weighted by Crippen LogP contribution is -2.35. The van der Waals surface area contributed by atoms with Crippen molar-refractivity contribution < 1.29 is 18.0 Å². The Morgan fingerprint density at radius 2 is 2.00 bits per heavy atom. The number of hydrogen-bond donors (Lipinski definition) is 2. The normalized spacial score (nSPS) is 11.4. The maximum Gasteiger partial charge on any atom is 0.405 e. The molecule has 0 aliphatic rings. The molecule has 3 nitrogen and oxygen atoms in total. The third kappa shape index (κ3) is 9.13. The Morgan fingerprint density at radius 1 is 1.38 bits per heavy atom. The van der Waals surface area contributed by atoms with Gasteiger partial charge < -0.3 is 10.6 Å². The van der Waals surface area contributed by atoms with Crippen LogP contribution in [0.4, 0.5) is 13.2 Å². The summed E-state index contributed by atoms with van der Waals surface area (Å²) < 4.78 is 34.7. The van der Waals surface area contributed by atoms with Crippen LogP contribution in [0.2, 0.25) is 0 Å². The van der Waals surface area contributed by atoms with E-state index in [0.29, 0.717) is 13.1 Å². The van der Waals surface area contributed by atoms with Crippen molar-refractivity contribution in [2.24, 2.45) is 0 Å². The highest BCUT2D eigenvalue weighted by atomic mass is 19.4. The molecular formula is C7H13F3N2O. The summed E-state index contributed by atoms with van der Waals surface area (Å²) in [5.41, 5.74) is 0. The molecule has 13 heavy (non-hydrogen) atoms. The van der Waals surface area contributed by atoms with E-state index in [1.165, 1.54) is 0 Å². The Bertz CT molecular complexity index is 158. The number of hydrogen-bond acceptors (Lipinski definition) is 2. The Labute approximate surface area is 74.7 Å². The highest BCUT2D eigenvalue weighted by Crippen LogP contribution is 2.11. The van der Waals surface area contributed by atoms with Crippen molar-refractivity contribution in [2.75, 3.05) is 19.6 Å². The van der Waals surface area contributed by atoms with E-state index in [4.69, 9.17) is 0 Å². The molecule has 0 fully saturated rings. The van der Waals surface area contributed by atoms with Gasteiger partial charge in [-0.15, -0.1) is 0 Å². The van der Waals surface area contributed by atoms with Gasteiger partial charge in [0.2, 0.25) is 5.91 Å². The first-order valence-electron chi connectivity index (χ1n) is 4.00. The molecule has 2 N–H and O–H groups in total. The summed E-state index contributed by atoms with van der Waals surface area (Å²) in [7, 11) is 0. The van der Waals surface area contributed by atoms with Crippen LogP contribution in [0.25, 0.3) is 0 Å². The third-order valence-electron chi connectivity index (χ3n) is 1.26. The number of rotatable bonds is 5. The van der Waals surface area contributed by atoms with Gasteiger partial charge in [-0.05, 0) is 6.54 Å². The van der Waals surface area contributed by atoms with Crippen molar-refractivity contribution in [3.63, 3.8) is 0 Å².